The SMILES string of the molecule is C=CC(=O)NCCCCOP(=O)([O-])OCC[N+](C)(C)C. The van der Waals surface area contributed by atoms with Crippen LogP contribution in [0.2, 0.25) is 0 Å². The second kappa shape index (κ2) is 9.26. The van der Waals surface area contributed by atoms with Gasteiger partial charge < -0.3 is 23.7 Å². The Labute approximate surface area is 120 Å². The summed E-state index contributed by atoms with van der Waals surface area (Å²) in [7, 11) is 1.61. The number of unbranched alkanes of at least 4 members (excludes halogenated alkanes) is 1. The molecule has 0 fully saturated rings. The van der Waals surface area contributed by atoms with Crippen LogP contribution in [0, 0.1) is 0 Å². The Morgan fingerprint density at radius 1 is 1.30 bits per heavy atom. The predicted molar refractivity (Wildman–Crippen MR) is 74.9 cm³/mol. The molecule has 0 aliphatic heterocycles. The maximum Gasteiger partial charge on any atom is 0.268 e. The van der Waals surface area contributed by atoms with E-state index < -0.39 is 7.82 Å². The highest BCUT2D eigenvalue weighted by atomic mass is 31.2. The van der Waals surface area contributed by atoms with Crippen LogP contribution in [0.4, 0.5) is 0 Å². The number of phosphoric acid groups is 1. The van der Waals surface area contributed by atoms with Crippen molar-refractivity contribution in [1.82, 2.24) is 5.32 Å². The number of amides is 1. The molecule has 0 aromatic carbocycles. The summed E-state index contributed by atoms with van der Waals surface area (Å²) in [5.74, 6) is -0.246. The zero-order valence-corrected chi connectivity index (χ0v) is 13.4. The van der Waals surface area contributed by atoms with Gasteiger partial charge >= 0.3 is 0 Å². The van der Waals surface area contributed by atoms with Crippen LogP contribution in [-0.2, 0) is 18.4 Å². The van der Waals surface area contributed by atoms with Gasteiger partial charge in [-0.1, -0.05) is 6.58 Å². The van der Waals surface area contributed by atoms with Gasteiger partial charge in [-0.25, -0.2) is 0 Å². The quantitative estimate of drug-likeness (QED) is 0.256. The smallest absolute Gasteiger partial charge is 0.268 e. The fourth-order valence-electron chi connectivity index (χ4n) is 1.15. The molecule has 0 aromatic heterocycles. The molecule has 0 rings (SSSR count). The van der Waals surface area contributed by atoms with E-state index in [2.05, 4.69) is 11.9 Å². The number of quaternary nitrogens is 1. The van der Waals surface area contributed by atoms with Gasteiger partial charge in [0.05, 0.1) is 27.7 Å². The number of hydrogen-bond acceptors (Lipinski definition) is 5. The maximum atomic E-state index is 11.4. The van der Waals surface area contributed by atoms with Gasteiger partial charge in [-0.3, -0.25) is 9.36 Å². The first-order chi connectivity index (χ1) is 9.16. The van der Waals surface area contributed by atoms with E-state index in [0.29, 0.717) is 30.4 Å². The molecule has 0 aromatic rings. The van der Waals surface area contributed by atoms with Crippen LogP contribution in [0.25, 0.3) is 0 Å². The van der Waals surface area contributed by atoms with Crippen molar-refractivity contribution in [2.24, 2.45) is 0 Å². The zero-order chi connectivity index (χ0) is 15.6. The molecule has 0 saturated carbocycles. The van der Waals surface area contributed by atoms with Crippen molar-refractivity contribution in [3.05, 3.63) is 12.7 Å². The standard InChI is InChI=1S/C12H25N2O5P/c1-5-12(15)13-8-6-7-10-18-20(16,17)19-11-9-14(2,3)4/h5H,1,6-11H2,2-4H3,(H-,13,15,16,17). The molecule has 0 saturated heterocycles. The molecule has 1 amide bonds. The molecule has 1 atom stereocenters. The minimum atomic E-state index is -4.22. The topological polar surface area (TPSA) is 87.7 Å². The predicted octanol–water partition coefficient (Wildman–Crippen LogP) is 0.277. The van der Waals surface area contributed by atoms with Crippen LogP contribution < -0.4 is 10.2 Å². The van der Waals surface area contributed by atoms with Gasteiger partial charge in [-0.05, 0) is 18.9 Å². The first-order valence-corrected chi connectivity index (χ1v) is 7.93. The van der Waals surface area contributed by atoms with Gasteiger partial charge in [0.25, 0.3) is 7.82 Å². The molecular formula is C12H25N2O5P. The minimum Gasteiger partial charge on any atom is -0.756 e. The summed E-state index contributed by atoms with van der Waals surface area (Å²) in [6, 6.07) is 0. The van der Waals surface area contributed by atoms with Gasteiger partial charge in [-0.15, -0.1) is 0 Å². The van der Waals surface area contributed by atoms with E-state index >= 15 is 0 Å². The van der Waals surface area contributed by atoms with E-state index in [1.807, 2.05) is 21.1 Å². The van der Waals surface area contributed by atoms with Gasteiger partial charge in [-0.2, -0.15) is 0 Å². The molecule has 0 aliphatic rings. The molecule has 118 valence electrons. The molecular weight excluding hydrogens is 283 g/mol. The highest BCUT2D eigenvalue weighted by Crippen LogP contribution is 2.38. The molecule has 0 bridgehead atoms. The van der Waals surface area contributed by atoms with Gasteiger partial charge in [0.2, 0.25) is 5.91 Å². The normalized spacial score (nSPS) is 14.6. The summed E-state index contributed by atoms with van der Waals surface area (Å²) >= 11 is 0. The van der Waals surface area contributed by atoms with Crippen molar-refractivity contribution in [1.29, 1.82) is 0 Å². The number of nitrogens with zero attached hydrogens (tertiary/aromatic N) is 1. The third-order valence-electron chi connectivity index (χ3n) is 2.32. The summed E-state index contributed by atoms with van der Waals surface area (Å²) in [5.41, 5.74) is 0. The summed E-state index contributed by atoms with van der Waals surface area (Å²) in [4.78, 5) is 22.2. The molecule has 0 aliphatic carbocycles. The monoisotopic (exact) mass is 308 g/mol. The van der Waals surface area contributed by atoms with Crippen molar-refractivity contribution >= 4 is 13.7 Å². The summed E-state index contributed by atoms with van der Waals surface area (Å²) < 4.78 is 21.5. The van der Waals surface area contributed by atoms with Crippen molar-refractivity contribution in [2.45, 2.75) is 12.8 Å². The molecule has 8 heteroatoms. The lowest BCUT2D eigenvalue weighted by molar-refractivity contribution is -0.870. The lowest BCUT2D eigenvalue weighted by Gasteiger charge is -2.27. The Bertz CT molecular complexity index is 354. The number of carbonyl (C=O) groups excluding carboxylic acids is 1. The fraction of sp³-hybridized carbons (Fsp3) is 0.750. The average Bonchev–Trinajstić information content (AvgIpc) is 2.31. The van der Waals surface area contributed by atoms with Crippen LogP contribution in [-0.4, -0.2) is 57.8 Å². The number of likely N-dealkylation sites (N-methyl/N-ethyl adjacent to an activating group) is 1. The number of hydrogen-bond donors (Lipinski definition) is 1. The summed E-state index contributed by atoms with van der Waals surface area (Å²) in [6.45, 7) is 4.50. The van der Waals surface area contributed by atoms with Crippen LogP contribution >= 0.6 is 7.82 Å². The van der Waals surface area contributed by atoms with Crippen molar-refractivity contribution in [3.8, 4) is 0 Å². The highest BCUT2D eigenvalue weighted by molar-refractivity contribution is 7.45. The first-order valence-electron chi connectivity index (χ1n) is 6.47. The molecule has 1 N–H and O–H groups in total. The second-order valence-corrected chi connectivity index (χ2v) is 6.74. The maximum absolute atomic E-state index is 11.4. The van der Waals surface area contributed by atoms with E-state index in [1.165, 1.54) is 6.08 Å². The lowest BCUT2D eigenvalue weighted by Crippen LogP contribution is -2.37. The molecule has 20 heavy (non-hydrogen) atoms. The van der Waals surface area contributed by atoms with Crippen molar-refractivity contribution in [2.75, 3.05) is 47.4 Å². The minimum absolute atomic E-state index is 0.0507. The highest BCUT2D eigenvalue weighted by Gasteiger charge is 2.12. The van der Waals surface area contributed by atoms with Gasteiger partial charge in [0.15, 0.2) is 0 Å². The molecule has 0 radical (unpaired) electrons. The van der Waals surface area contributed by atoms with Crippen LogP contribution in [0.15, 0.2) is 12.7 Å². The van der Waals surface area contributed by atoms with E-state index in [9.17, 15) is 14.3 Å². The second-order valence-electron chi connectivity index (χ2n) is 5.33. The van der Waals surface area contributed by atoms with Crippen molar-refractivity contribution < 1.29 is 27.8 Å². The lowest BCUT2D eigenvalue weighted by atomic mass is 10.3. The largest absolute Gasteiger partial charge is 0.756 e. The Hall–Kier alpha value is -0.720. The van der Waals surface area contributed by atoms with E-state index in [-0.39, 0.29) is 19.1 Å². The van der Waals surface area contributed by atoms with Gasteiger partial charge in [0.1, 0.15) is 13.2 Å². The Balaban J connectivity index is 3.64. The molecule has 7 nitrogen and oxygen atoms in total. The van der Waals surface area contributed by atoms with Crippen LogP contribution in [0.3, 0.4) is 0 Å². The Morgan fingerprint density at radius 3 is 2.45 bits per heavy atom. The van der Waals surface area contributed by atoms with Crippen LogP contribution in [0.5, 0.6) is 0 Å². The van der Waals surface area contributed by atoms with Crippen molar-refractivity contribution in [3.63, 3.8) is 0 Å². The number of nitrogens with one attached hydrogen (secondary N) is 1. The Morgan fingerprint density at radius 2 is 1.90 bits per heavy atom. The third kappa shape index (κ3) is 12.3. The molecule has 1 unspecified atom stereocenters. The van der Waals surface area contributed by atoms with E-state index in [4.69, 9.17) is 9.05 Å². The fourth-order valence-corrected chi connectivity index (χ4v) is 1.88. The zero-order valence-electron chi connectivity index (χ0n) is 12.5. The van der Waals surface area contributed by atoms with E-state index in [1.54, 1.807) is 0 Å². The van der Waals surface area contributed by atoms with Gasteiger partial charge in [0, 0.05) is 6.54 Å². The average molecular weight is 308 g/mol. The van der Waals surface area contributed by atoms with E-state index in [0.717, 1.165) is 0 Å². The Kier molecular flexibility index (Phi) is 8.93. The number of carbonyl (C=O) groups is 1. The third-order valence-corrected chi connectivity index (χ3v) is 3.31. The first kappa shape index (κ1) is 19.3. The summed E-state index contributed by atoms with van der Waals surface area (Å²) in [5, 5.41) is 2.59. The van der Waals surface area contributed by atoms with Crippen LogP contribution in [0.1, 0.15) is 12.8 Å². The molecule has 0 spiro atoms. The number of phosphoric ester groups is 1. The summed E-state index contributed by atoms with van der Waals surface area (Å²) in [6.07, 6.45) is 2.32. The number of rotatable bonds is 11. The molecule has 0 heterocycles.